The molecule has 0 fully saturated rings. The molecular formula is C8H11ClO4. The van der Waals surface area contributed by atoms with Crippen LogP contribution in [0.25, 0.3) is 0 Å². The first-order valence-corrected chi connectivity index (χ1v) is 4.03. The Morgan fingerprint density at radius 1 is 1.62 bits per heavy atom. The molecular weight excluding hydrogens is 196 g/mol. The minimum absolute atomic E-state index is 0.0749. The van der Waals surface area contributed by atoms with Crippen LogP contribution < -0.4 is 0 Å². The molecule has 5 heteroatoms. The van der Waals surface area contributed by atoms with Gasteiger partial charge < -0.3 is 9.84 Å². The molecule has 0 spiro atoms. The molecule has 1 atom stereocenters. The number of carbonyl (C=O) groups is 2. The SMILES string of the molecule is COC(=O)C(CC(C)=CCl)C(=O)O. The summed E-state index contributed by atoms with van der Waals surface area (Å²) in [6, 6.07) is 0. The molecule has 0 aromatic carbocycles. The summed E-state index contributed by atoms with van der Waals surface area (Å²) in [4.78, 5) is 21.5. The number of ether oxygens (including phenoxy) is 1. The third-order valence-corrected chi connectivity index (χ3v) is 1.87. The van der Waals surface area contributed by atoms with Crippen molar-refractivity contribution in [1.29, 1.82) is 0 Å². The lowest BCUT2D eigenvalue weighted by atomic mass is 10.0. The second-order valence-corrected chi connectivity index (χ2v) is 2.79. The fourth-order valence-corrected chi connectivity index (χ4v) is 0.869. The molecule has 0 aliphatic heterocycles. The van der Waals surface area contributed by atoms with E-state index in [1.54, 1.807) is 6.92 Å². The highest BCUT2D eigenvalue weighted by Gasteiger charge is 2.27. The van der Waals surface area contributed by atoms with Gasteiger partial charge in [0.15, 0.2) is 5.92 Å². The van der Waals surface area contributed by atoms with Gasteiger partial charge in [0.2, 0.25) is 0 Å². The Morgan fingerprint density at radius 3 is 2.46 bits per heavy atom. The smallest absolute Gasteiger partial charge is 0.320 e. The van der Waals surface area contributed by atoms with Crippen LogP contribution in [0.15, 0.2) is 11.1 Å². The average molecular weight is 207 g/mol. The minimum Gasteiger partial charge on any atom is -0.481 e. The van der Waals surface area contributed by atoms with Gasteiger partial charge in [0, 0.05) is 5.54 Å². The molecule has 0 saturated carbocycles. The fraction of sp³-hybridized carbons (Fsp3) is 0.500. The van der Waals surface area contributed by atoms with Crippen molar-refractivity contribution in [2.24, 2.45) is 5.92 Å². The van der Waals surface area contributed by atoms with Gasteiger partial charge in [0.25, 0.3) is 0 Å². The van der Waals surface area contributed by atoms with Crippen molar-refractivity contribution in [3.63, 3.8) is 0 Å². The minimum atomic E-state index is -1.20. The molecule has 0 amide bonds. The van der Waals surface area contributed by atoms with Crippen molar-refractivity contribution < 1.29 is 19.4 Å². The van der Waals surface area contributed by atoms with Crippen LogP contribution in [0.1, 0.15) is 13.3 Å². The number of halogens is 1. The van der Waals surface area contributed by atoms with E-state index < -0.39 is 17.9 Å². The Labute approximate surface area is 81.1 Å². The monoisotopic (exact) mass is 206 g/mol. The van der Waals surface area contributed by atoms with E-state index in [0.717, 1.165) is 7.11 Å². The number of esters is 1. The molecule has 0 saturated heterocycles. The van der Waals surface area contributed by atoms with Crippen LogP contribution in [-0.2, 0) is 14.3 Å². The van der Waals surface area contributed by atoms with Gasteiger partial charge >= 0.3 is 11.9 Å². The van der Waals surface area contributed by atoms with Crippen LogP contribution in [-0.4, -0.2) is 24.2 Å². The summed E-state index contributed by atoms with van der Waals surface area (Å²) in [5.74, 6) is -3.13. The molecule has 0 rings (SSSR count). The lowest BCUT2D eigenvalue weighted by Gasteiger charge is -2.09. The maximum Gasteiger partial charge on any atom is 0.320 e. The third kappa shape index (κ3) is 3.94. The van der Waals surface area contributed by atoms with Crippen LogP contribution in [0.4, 0.5) is 0 Å². The Balaban J connectivity index is 4.45. The first-order chi connectivity index (χ1) is 6.02. The predicted molar refractivity (Wildman–Crippen MR) is 47.4 cm³/mol. The Kier molecular flexibility index (Phi) is 5.14. The lowest BCUT2D eigenvalue weighted by molar-refractivity contribution is -0.156. The van der Waals surface area contributed by atoms with Crippen molar-refractivity contribution in [2.45, 2.75) is 13.3 Å². The van der Waals surface area contributed by atoms with Crippen LogP contribution in [0, 0.1) is 5.92 Å². The molecule has 0 radical (unpaired) electrons. The average Bonchev–Trinajstić information content (AvgIpc) is 2.11. The van der Waals surface area contributed by atoms with Crippen molar-refractivity contribution >= 4 is 23.5 Å². The van der Waals surface area contributed by atoms with E-state index >= 15 is 0 Å². The predicted octanol–water partition coefficient (Wildman–Crippen LogP) is 1.39. The normalized spacial score (nSPS) is 13.6. The quantitative estimate of drug-likeness (QED) is 0.558. The third-order valence-electron chi connectivity index (χ3n) is 1.50. The summed E-state index contributed by atoms with van der Waals surface area (Å²) in [5.41, 5.74) is 1.87. The van der Waals surface area contributed by atoms with Gasteiger partial charge in [-0.2, -0.15) is 0 Å². The van der Waals surface area contributed by atoms with Crippen molar-refractivity contribution in [3.8, 4) is 0 Å². The van der Waals surface area contributed by atoms with E-state index in [-0.39, 0.29) is 6.42 Å². The molecule has 0 bridgehead atoms. The van der Waals surface area contributed by atoms with Crippen molar-refractivity contribution in [1.82, 2.24) is 0 Å². The van der Waals surface area contributed by atoms with Crippen LogP contribution in [0.5, 0.6) is 0 Å². The van der Waals surface area contributed by atoms with Gasteiger partial charge in [0.05, 0.1) is 7.11 Å². The van der Waals surface area contributed by atoms with E-state index in [9.17, 15) is 9.59 Å². The number of methoxy groups -OCH3 is 1. The highest BCUT2D eigenvalue weighted by molar-refractivity contribution is 6.25. The maximum atomic E-state index is 10.9. The molecule has 74 valence electrons. The summed E-state index contributed by atoms with van der Waals surface area (Å²) in [5, 5.41) is 8.65. The van der Waals surface area contributed by atoms with Gasteiger partial charge in [-0.3, -0.25) is 9.59 Å². The lowest BCUT2D eigenvalue weighted by Crippen LogP contribution is -2.25. The second kappa shape index (κ2) is 5.59. The molecule has 0 aromatic rings. The summed E-state index contributed by atoms with van der Waals surface area (Å²) in [6.07, 6.45) is 0.0749. The van der Waals surface area contributed by atoms with Gasteiger partial charge in [-0.1, -0.05) is 17.2 Å². The zero-order valence-electron chi connectivity index (χ0n) is 7.41. The van der Waals surface area contributed by atoms with Crippen LogP contribution >= 0.6 is 11.6 Å². The van der Waals surface area contributed by atoms with E-state index in [2.05, 4.69) is 4.74 Å². The number of carbonyl (C=O) groups excluding carboxylic acids is 1. The van der Waals surface area contributed by atoms with Gasteiger partial charge in [-0.15, -0.1) is 0 Å². The number of hydrogen-bond acceptors (Lipinski definition) is 3. The number of hydrogen-bond donors (Lipinski definition) is 1. The van der Waals surface area contributed by atoms with E-state index in [1.807, 2.05) is 0 Å². The molecule has 0 aromatic heterocycles. The number of allylic oxidation sites excluding steroid dienone is 1. The van der Waals surface area contributed by atoms with Crippen molar-refractivity contribution in [2.75, 3.05) is 7.11 Å². The van der Waals surface area contributed by atoms with Gasteiger partial charge in [0.1, 0.15) is 0 Å². The number of carboxylic acid groups (broad SMARTS) is 1. The summed E-state index contributed by atoms with van der Waals surface area (Å²) >= 11 is 5.34. The fourth-order valence-electron chi connectivity index (χ4n) is 0.780. The molecule has 0 aliphatic rings. The standard InChI is InChI=1S/C8H11ClO4/c1-5(4-9)3-6(7(10)11)8(12)13-2/h4,6H,3H2,1-2H3,(H,10,11). The molecule has 1 unspecified atom stereocenters. The molecule has 1 N–H and O–H groups in total. The van der Waals surface area contributed by atoms with E-state index in [1.165, 1.54) is 5.54 Å². The maximum absolute atomic E-state index is 10.9. The number of rotatable bonds is 4. The Hall–Kier alpha value is -1.03. The topological polar surface area (TPSA) is 63.6 Å². The van der Waals surface area contributed by atoms with Gasteiger partial charge in [-0.05, 0) is 13.3 Å². The summed E-state index contributed by atoms with van der Waals surface area (Å²) in [6.45, 7) is 1.64. The first-order valence-electron chi connectivity index (χ1n) is 3.59. The zero-order chi connectivity index (χ0) is 10.4. The number of carboxylic acids is 1. The summed E-state index contributed by atoms with van der Waals surface area (Å²) in [7, 11) is 1.15. The van der Waals surface area contributed by atoms with Crippen LogP contribution in [0.2, 0.25) is 0 Å². The molecule has 4 nitrogen and oxygen atoms in total. The Bertz CT molecular complexity index is 234. The zero-order valence-corrected chi connectivity index (χ0v) is 8.17. The summed E-state index contributed by atoms with van der Waals surface area (Å²) < 4.78 is 4.33. The molecule has 13 heavy (non-hydrogen) atoms. The highest BCUT2D eigenvalue weighted by Crippen LogP contribution is 2.13. The highest BCUT2D eigenvalue weighted by atomic mass is 35.5. The molecule has 0 aliphatic carbocycles. The van der Waals surface area contributed by atoms with Crippen molar-refractivity contribution in [3.05, 3.63) is 11.1 Å². The molecule has 0 heterocycles. The largest absolute Gasteiger partial charge is 0.481 e. The van der Waals surface area contributed by atoms with E-state index in [0.29, 0.717) is 5.57 Å². The second-order valence-electron chi connectivity index (χ2n) is 2.57. The first kappa shape index (κ1) is 12.0. The van der Waals surface area contributed by atoms with E-state index in [4.69, 9.17) is 16.7 Å². The van der Waals surface area contributed by atoms with Gasteiger partial charge in [-0.25, -0.2) is 0 Å². The van der Waals surface area contributed by atoms with Crippen LogP contribution in [0.3, 0.4) is 0 Å². The number of aliphatic carboxylic acids is 1. The Morgan fingerprint density at radius 2 is 2.15 bits per heavy atom.